The summed E-state index contributed by atoms with van der Waals surface area (Å²) in [5.74, 6) is -2.42. The Hall–Kier alpha value is -3.42. The first-order chi connectivity index (χ1) is 11.9. The van der Waals surface area contributed by atoms with Crippen molar-refractivity contribution in [2.24, 2.45) is 0 Å². The molecule has 0 fully saturated rings. The summed E-state index contributed by atoms with van der Waals surface area (Å²) in [5, 5.41) is 13.2. The lowest BCUT2D eigenvalue weighted by molar-refractivity contribution is -0.137. The standard InChI is InChI=1S/C17H16N2O6/c1-10-2-4-13-12(6-10)17(24)11(9-25-13)3-5-14(20)18-7-15(21)19-8-16(22)23/h2-6,9H,7-8H2,1H3,(H,18,20)(H,19,21)(H,22,23)/b5-3+. The van der Waals surface area contributed by atoms with Crippen LogP contribution in [0.3, 0.4) is 0 Å². The summed E-state index contributed by atoms with van der Waals surface area (Å²) in [5.41, 5.74) is 1.29. The van der Waals surface area contributed by atoms with E-state index < -0.39 is 24.3 Å². The third kappa shape index (κ3) is 5.03. The van der Waals surface area contributed by atoms with Crippen molar-refractivity contribution in [1.82, 2.24) is 10.6 Å². The molecule has 0 saturated heterocycles. The average Bonchev–Trinajstić information content (AvgIpc) is 2.58. The molecule has 0 spiro atoms. The van der Waals surface area contributed by atoms with E-state index in [1.54, 1.807) is 12.1 Å². The molecular formula is C17H16N2O6. The number of fused-ring (bicyclic) bond motifs is 1. The van der Waals surface area contributed by atoms with Crippen molar-refractivity contribution in [3.63, 3.8) is 0 Å². The monoisotopic (exact) mass is 344 g/mol. The van der Waals surface area contributed by atoms with E-state index in [9.17, 15) is 19.2 Å². The van der Waals surface area contributed by atoms with E-state index in [1.165, 1.54) is 12.3 Å². The van der Waals surface area contributed by atoms with Crippen molar-refractivity contribution in [2.45, 2.75) is 6.92 Å². The molecule has 0 saturated carbocycles. The van der Waals surface area contributed by atoms with Gasteiger partial charge in [-0.15, -0.1) is 0 Å². The van der Waals surface area contributed by atoms with E-state index >= 15 is 0 Å². The summed E-state index contributed by atoms with van der Waals surface area (Å²) < 4.78 is 5.36. The molecule has 2 rings (SSSR count). The minimum Gasteiger partial charge on any atom is -0.480 e. The van der Waals surface area contributed by atoms with Gasteiger partial charge in [0.2, 0.25) is 11.8 Å². The Morgan fingerprint density at radius 2 is 1.96 bits per heavy atom. The Labute approximate surface area is 142 Å². The number of hydrogen-bond donors (Lipinski definition) is 3. The highest BCUT2D eigenvalue weighted by Gasteiger charge is 2.07. The Balaban J connectivity index is 2.01. The normalized spacial score (nSPS) is 10.8. The van der Waals surface area contributed by atoms with Gasteiger partial charge in [-0.1, -0.05) is 11.6 Å². The van der Waals surface area contributed by atoms with Crippen LogP contribution in [0.1, 0.15) is 11.1 Å². The summed E-state index contributed by atoms with van der Waals surface area (Å²) in [4.78, 5) is 45.6. The molecule has 8 heteroatoms. The Bertz CT molecular complexity index is 913. The van der Waals surface area contributed by atoms with Gasteiger partial charge in [-0.05, 0) is 25.1 Å². The SMILES string of the molecule is Cc1ccc2occ(/C=C/C(=O)NCC(=O)NCC(=O)O)c(=O)c2c1. The zero-order valence-electron chi connectivity index (χ0n) is 13.4. The van der Waals surface area contributed by atoms with Crippen molar-refractivity contribution in [2.75, 3.05) is 13.1 Å². The molecule has 0 atom stereocenters. The van der Waals surface area contributed by atoms with Crippen LogP contribution in [-0.2, 0) is 14.4 Å². The van der Waals surface area contributed by atoms with Crippen LogP contribution in [0.25, 0.3) is 17.0 Å². The van der Waals surface area contributed by atoms with Gasteiger partial charge in [-0.25, -0.2) is 0 Å². The number of nitrogens with one attached hydrogen (secondary N) is 2. The fourth-order valence-corrected chi connectivity index (χ4v) is 2.00. The lowest BCUT2D eigenvalue weighted by atomic mass is 10.1. The molecule has 25 heavy (non-hydrogen) atoms. The number of amides is 2. The smallest absolute Gasteiger partial charge is 0.322 e. The van der Waals surface area contributed by atoms with Gasteiger partial charge in [0.1, 0.15) is 18.4 Å². The topological polar surface area (TPSA) is 126 Å². The molecule has 3 N–H and O–H groups in total. The molecule has 0 aliphatic heterocycles. The van der Waals surface area contributed by atoms with Crippen molar-refractivity contribution in [3.05, 3.63) is 51.9 Å². The first kappa shape index (κ1) is 17.9. The molecular weight excluding hydrogens is 328 g/mol. The predicted molar refractivity (Wildman–Crippen MR) is 89.9 cm³/mol. The molecule has 1 aromatic heterocycles. The van der Waals surface area contributed by atoms with Crippen LogP contribution in [0.4, 0.5) is 0 Å². The molecule has 0 radical (unpaired) electrons. The first-order valence-corrected chi connectivity index (χ1v) is 7.33. The van der Waals surface area contributed by atoms with E-state index in [0.717, 1.165) is 11.6 Å². The molecule has 0 bridgehead atoms. The quantitative estimate of drug-likeness (QED) is 0.653. The van der Waals surface area contributed by atoms with E-state index in [2.05, 4.69) is 10.6 Å². The Morgan fingerprint density at radius 3 is 2.68 bits per heavy atom. The summed E-state index contributed by atoms with van der Waals surface area (Å²) in [7, 11) is 0. The van der Waals surface area contributed by atoms with Crippen molar-refractivity contribution in [3.8, 4) is 0 Å². The maximum atomic E-state index is 12.3. The second-order valence-electron chi connectivity index (χ2n) is 5.24. The molecule has 0 unspecified atom stereocenters. The van der Waals surface area contributed by atoms with Gasteiger partial charge in [0.25, 0.3) is 0 Å². The third-order valence-electron chi connectivity index (χ3n) is 3.23. The Morgan fingerprint density at radius 1 is 1.20 bits per heavy atom. The molecule has 0 aliphatic carbocycles. The van der Waals surface area contributed by atoms with Crippen LogP contribution in [0.2, 0.25) is 0 Å². The molecule has 1 heterocycles. The predicted octanol–water partition coefficient (Wildman–Crippen LogP) is 0.432. The first-order valence-electron chi connectivity index (χ1n) is 7.33. The van der Waals surface area contributed by atoms with E-state index in [0.29, 0.717) is 11.0 Å². The second-order valence-corrected chi connectivity index (χ2v) is 5.24. The second kappa shape index (κ2) is 7.91. The zero-order chi connectivity index (χ0) is 18.4. The maximum Gasteiger partial charge on any atom is 0.322 e. The molecule has 1 aromatic carbocycles. The fourth-order valence-electron chi connectivity index (χ4n) is 2.00. The van der Waals surface area contributed by atoms with Gasteiger partial charge < -0.3 is 20.2 Å². The zero-order valence-corrected chi connectivity index (χ0v) is 13.4. The summed E-state index contributed by atoms with van der Waals surface area (Å²) in [6, 6.07) is 5.22. The summed E-state index contributed by atoms with van der Waals surface area (Å²) >= 11 is 0. The fraction of sp³-hybridized carbons (Fsp3) is 0.176. The maximum absolute atomic E-state index is 12.3. The van der Waals surface area contributed by atoms with Gasteiger partial charge in [-0.3, -0.25) is 19.2 Å². The summed E-state index contributed by atoms with van der Waals surface area (Å²) in [6.45, 7) is 0.953. The van der Waals surface area contributed by atoms with E-state index in [1.807, 2.05) is 13.0 Å². The van der Waals surface area contributed by atoms with Crippen molar-refractivity contribution < 1.29 is 23.9 Å². The highest BCUT2D eigenvalue weighted by molar-refractivity contribution is 5.95. The minimum atomic E-state index is -1.18. The van der Waals surface area contributed by atoms with Gasteiger partial charge in [0.15, 0.2) is 5.43 Å². The number of aryl methyl sites for hydroxylation is 1. The van der Waals surface area contributed by atoms with Crippen molar-refractivity contribution >= 4 is 34.8 Å². The lowest BCUT2D eigenvalue weighted by Gasteiger charge is -2.03. The van der Waals surface area contributed by atoms with Crippen LogP contribution < -0.4 is 16.1 Å². The third-order valence-corrected chi connectivity index (χ3v) is 3.23. The van der Waals surface area contributed by atoms with Crippen LogP contribution in [0, 0.1) is 6.92 Å². The number of carbonyl (C=O) groups excluding carboxylic acids is 2. The highest BCUT2D eigenvalue weighted by atomic mass is 16.4. The van der Waals surface area contributed by atoms with Crippen LogP contribution in [-0.4, -0.2) is 36.0 Å². The number of aliphatic carboxylic acids is 1. The van der Waals surface area contributed by atoms with Gasteiger partial charge in [0, 0.05) is 6.08 Å². The number of carboxylic acid groups (broad SMARTS) is 1. The Kier molecular flexibility index (Phi) is 5.67. The number of rotatable bonds is 6. The van der Waals surface area contributed by atoms with Crippen LogP contribution >= 0.6 is 0 Å². The largest absolute Gasteiger partial charge is 0.480 e. The minimum absolute atomic E-state index is 0.198. The average molecular weight is 344 g/mol. The lowest BCUT2D eigenvalue weighted by Crippen LogP contribution is -2.38. The van der Waals surface area contributed by atoms with Gasteiger partial charge in [0.05, 0.1) is 17.5 Å². The number of benzene rings is 1. The highest BCUT2D eigenvalue weighted by Crippen LogP contribution is 2.13. The van der Waals surface area contributed by atoms with Gasteiger partial charge >= 0.3 is 5.97 Å². The molecule has 8 nitrogen and oxygen atoms in total. The van der Waals surface area contributed by atoms with E-state index in [-0.39, 0.29) is 17.5 Å². The molecule has 2 aromatic rings. The van der Waals surface area contributed by atoms with E-state index in [4.69, 9.17) is 9.52 Å². The molecule has 2 amide bonds. The van der Waals surface area contributed by atoms with Gasteiger partial charge in [-0.2, -0.15) is 0 Å². The molecule has 0 aliphatic rings. The summed E-state index contributed by atoms with van der Waals surface area (Å²) in [6.07, 6.45) is 3.64. The van der Waals surface area contributed by atoms with Crippen LogP contribution in [0.15, 0.2) is 39.7 Å². The molecule has 130 valence electrons. The van der Waals surface area contributed by atoms with Crippen molar-refractivity contribution in [1.29, 1.82) is 0 Å². The number of hydrogen-bond acceptors (Lipinski definition) is 5. The van der Waals surface area contributed by atoms with Crippen LogP contribution in [0.5, 0.6) is 0 Å². The number of carbonyl (C=O) groups is 3. The number of carboxylic acids is 1.